The molecule has 0 saturated carbocycles. The molecule has 0 nitrogen and oxygen atoms in total. The summed E-state index contributed by atoms with van der Waals surface area (Å²) < 4.78 is 0. The summed E-state index contributed by atoms with van der Waals surface area (Å²) in [6, 6.07) is 0. The van der Waals surface area contributed by atoms with Crippen molar-refractivity contribution in [3.8, 4) is 0 Å². The van der Waals surface area contributed by atoms with Crippen molar-refractivity contribution in [2.24, 2.45) is 0 Å². The molecule has 4 heavy (non-hydrogen) atoms. The van der Waals surface area contributed by atoms with Crippen LogP contribution in [-0.2, 0) is 16.8 Å². The Kier molecular flexibility index (Phi) is 147. The van der Waals surface area contributed by atoms with Gasteiger partial charge in [-0.15, -0.1) is 0 Å². The van der Waals surface area contributed by atoms with Gasteiger partial charge in [-0.05, 0) is 0 Å². The predicted octanol–water partition coefficient (Wildman–Crippen LogP) is -2.75. The van der Waals surface area contributed by atoms with Crippen molar-refractivity contribution in [3.63, 3.8) is 0 Å². The quantitative estimate of drug-likeness (QED) is 0.306. The first-order valence-corrected chi connectivity index (χ1v) is 0. The third-order valence-electron chi connectivity index (χ3n) is 0. The van der Waals surface area contributed by atoms with E-state index in [9.17, 15) is 0 Å². The number of hydrogen-bond acceptors (Lipinski definition) is 0. The first kappa shape index (κ1) is 32.4. The van der Waals surface area contributed by atoms with Gasteiger partial charge in [0.25, 0.3) is 0 Å². The number of hydrogen-bond donors (Lipinski definition) is 0. The Morgan fingerprint density at radius 1 is 1.00 bits per heavy atom. The normalized spacial score (nSPS) is 0. The van der Waals surface area contributed by atoms with E-state index >= 15 is 0 Å². The van der Waals surface area contributed by atoms with E-state index < -0.39 is 0 Å². The predicted molar refractivity (Wildman–Crippen MR) is 25.6 cm³/mol. The van der Waals surface area contributed by atoms with E-state index in [1.54, 1.807) is 0 Å². The zero-order valence-corrected chi connectivity index (χ0v) is 1.37. The molecular weight excluding hydrogens is 117 g/mol. The van der Waals surface area contributed by atoms with E-state index in [1.165, 1.54) is 0 Å². The molecular formula is H6AlCoLiMg. The minimum Gasteiger partial charge on any atom is 0.316 e. The van der Waals surface area contributed by atoms with Crippen molar-refractivity contribution in [2.75, 3.05) is 0 Å². The molecule has 1 radical (unpaired) electrons. The minimum atomic E-state index is 0. The maximum Gasteiger partial charge on any atom is 0.316 e. The molecule has 0 spiro atoms. The SMILES string of the molecule is [AlH3].[Co].[LiH].[MgH2]. The van der Waals surface area contributed by atoms with Gasteiger partial charge in [0.1, 0.15) is 0 Å². The van der Waals surface area contributed by atoms with Gasteiger partial charge >= 0.3 is 41.9 Å². The van der Waals surface area contributed by atoms with Crippen LogP contribution in [0.2, 0.25) is 0 Å². The Morgan fingerprint density at radius 3 is 1.00 bits per heavy atom. The van der Waals surface area contributed by atoms with Gasteiger partial charge in [-0.1, -0.05) is 0 Å². The van der Waals surface area contributed by atoms with E-state index in [0.717, 1.165) is 0 Å². The Bertz CT molecular complexity index is 8.00. The molecule has 0 atom stereocenters. The average molecular weight is 123 g/mol. The van der Waals surface area contributed by atoms with Gasteiger partial charge < -0.3 is 0 Å². The van der Waals surface area contributed by atoms with Gasteiger partial charge in [0.2, 0.25) is 0 Å². The molecule has 0 unspecified atom stereocenters. The van der Waals surface area contributed by atoms with Crippen molar-refractivity contribution < 1.29 is 16.8 Å². The molecule has 0 aromatic heterocycles. The molecule has 0 saturated heterocycles. The molecule has 0 aromatic carbocycles. The van der Waals surface area contributed by atoms with E-state index in [4.69, 9.17) is 0 Å². The van der Waals surface area contributed by atoms with Crippen molar-refractivity contribution in [1.29, 1.82) is 0 Å². The molecule has 0 heterocycles. The van der Waals surface area contributed by atoms with E-state index in [1.807, 2.05) is 0 Å². The van der Waals surface area contributed by atoms with Crippen molar-refractivity contribution >= 4 is 59.3 Å². The summed E-state index contributed by atoms with van der Waals surface area (Å²) in [5.41, 5.74) is 0. The molecule has 0 aliphatic rings. The Balaban J connectivity index is 0. The van der Waals surface area contributed by atoms with E-state index in [0.29, 0.717) is 0 Å². The molecule has 0 aliphatic heterocycles. The fraction of sp³-hybridized carbons (Fsp3) is 0. The van der Waals surface area contributed by atoms with Gasteiger partial charge in [-0.2, -0.15) is 0 Å². The van der Waals surface area contributed by atoms with Crippen LogP contribution in [0.1, 0.15) is 0 Å². The largest absolute Gasteiger partial charge is 0.316 e. The zero-order chi connectivity index (χ0) is 0. The second kappa shape index (κ2) is 18.1. The zero-order valence-electron chi connectivity index (χ0n) is 0.333. The third kappa shape index (κ3) is 8.83. The summed E-state index contributed by atoms with van der Waals surface area (Å²) in [7, 11) is 0. The second-order valence-corrected chi connectivity index (χ2v) is 0. The Hall–Kier alpha value is 2.40. The van der Waals surface area contributed by atoms with Crippen molar-refractivity contribution in [2.45, 2.75) is 0 Å². The monoisotopic (exact) mass is 123 g/mol. The second-order valence-electron chi connectivity index (χ2n) is 0. The van der Waals surface area contributed by atoms with Crippen molar-refractivity contribution in [1.82, 2.24) is 0 Å². The molecule has 0 aliphatic carbocycles. The van der Waals surface area contributed by atoms with Crippen LogP contribution in [0.4, 0.5) is 0 Å². The molecule has 0 aromatic rings. The molecule has 21 valence electrons. The van der Waals surface area contributed by atoms with Crippen LogP contribution in [0.15, 0.2) is 0 Å². The van der Waals surface area contributed by atoms with Gasteiger partial charge in [0.05, 0.1) is 0 Å². The van der Waals surface area contributed by atoms with Crippen LogP contribution in [0.25, 0.3) is 0 Å². The number of rotatable bonds is 0. The molecule has 0 amide bonds. The van der Waals surface area contributed by atoms with E-state index in [-0.39, 0.29) is 76.1 Å². The van der Waals surface area contributed by atoms with Crippen LogP contribution in [0.3, 0.4) is 0 Å². The minimum absolute atomic E-state index is 0. The van der Waals surface area contributed by atoms with Gasteiger partial charge in [0, 0.05) is 16.8 Å². The Labute approximate surface area is 75.1 Å². The maximum absolute atomic E-state index is 0. The van der Waals surface area contributed by atoms with Crippen LogP contribution in [-0.4, -0.2) is 59.3 Å². The molecule has 0 bridgehead atoms. The Morgan fingerprint density at radius 2 is 1.00 bits per heavy atom. The van der Waals surface area contributed by atoms with Crippen LogP contribution >= 0.6 is 0 Å². The van der Waals surface area contributed by atoms with E-state index in [2.05, 4.69) is 0 Å². The molecule has 0 N–H and O–H groups in total. The summed E-state index contributed by atoms with van der Waals surface area (Å²) in [6.45, 7) is 0. The summed E-state index contributed by atoms with van der Waals surface area (Å²) in [5.74, 6) is 0. The van der Waals surface area contributed by atoms with Gasteiger partial charge in [-0.3, -0.25) is 0 Å². The smallest absolute Gasteiger partial charge is 0.316 e. The maximum atomic E-state index is 0. The average Bonchev–Trinajstić information content (AvgIpc) is 0. The summed E-state index contributed by atoms with van der Waals surface area (Å²) >= 11 is 0. The fourth-order valence-corrected chi connectivity index (χ4v) is 0. The van der Waals surface area contributed by atoms with Crippen molar-refractivity contribution in [3.05, 3.63) is 0 Å². The molecule has 0 fully saturated rings. The molecule has 4 heteroatoms. The summed E-state index contributed by atoms with van der Waals surface area (Å²) in [5, 5.41) is 0. The van der Waals surface area contributed by atoms with Gasteiger partial charge in [0.15, 0.2) is 17.4 Å². The first-order valence-electron chi connectivity index (χ1n) is 0. The van der Waals surface area contributed by atoms with Gasteiger partial charge in [-0.25, -0.2) is 0 Å². The summed E-state index contributed by atoms with van der Waals surface area (Å²) in [4.78, 5) is 0. The van der Waals surface area contributed by atoms with Crippen LogP contribution < -0.4 is 0 Å². The summed E-state index contributed by atoms with van der Waals surface area (Å²) in [6.07, 6.45) is 0. The first-order chi connectivity index (χ1) is 0. The fourth-order valence-electron chi connectivity index (χ4n) is 0. The standard InChI is InChI=1S/Al.Co.Li.Mg.6H. The topological polar surface area (TPSA) is 0 Å². The van der Waals surface area contributed by atoms with Crippen LogP contribution in [0.5, 0.6) is 0 Å². The van der Waals surface area contributed by atoms with Crippen LogP contribution in [0, 0.1) is 0 Å². The third-order valence-corrected chi connectivity index (χ3v) is 0. The molecule has 0 rings (SSSR count).